The Balaban J connectivity index is 1.25. The number of hydrogen-bond acceptors (Lipinski definition) is 3. The van der Waals surface area contributed by atoms with Crippen molar-refractivity contribution in [3.05, 3.63) is 64.7 Å². The van der Waals surface area contributed by atoms with Gasteiger partial charge in [-0.1, -0.05) is 37.5 Å². The number of amides is 3. The van der Waals surface area contributed by atoms with Crippen molar-refractivity contribution in [2.75, 3.05) is 18.4 Å². The number of hydrogen-bond donors (Lipinski definition) is 2. The van der Waals surface area contributed by atoms with E-state index in [4.69, 9.17) is 5.26 Å². The maximum absolute atomic E-state index is 13.4. The Bertz CT molecular complexity index is 1100. The second kappa shape index (κ2) is 10.5. The Morgan fingerprint density at radius 2 is 1.57 bits per heavy atom. The van der Waals surface area contributed by atoms with E-state index in [1.54, 1.807) is 0 Å². The van der Waals surface area contributed by atoms with Gasteiger partial charge in [0.2, 0.25) is 0 Å². The van der Waals surface area contributed by atoms with Gasteiger partial charge in [0.05, 0.1) is 11.6 Å². The van der Waals surface area contributed by atoms with Crippen molar-refractivity contribution in [3.8, 4) is 6.07 Å². The number of nitrogens with zero attached hydrogens (tertiary/aromatic N) is 2. The Morgan fingerprint density at radius 3 is 2.20 bits per heavy atom. The number of anilines is 1. The topological polar surface area (TPSA) is 85.2 Å². The summed E-state index contributed by atoms with van der Waals surface area (Å²) < 4.78 is 0. The van der Waals surface area contributed by atoms with E-state index in [9.17, 15) is 9.59 Å². The minimum atomic E-state index is -0.162. The van der Waals surface area contributed by atoms with E-state index in [2.05, 4.69) is 16.7 Å². The predicted octanol–water partition coefficient (Wildman–Crippen LogP) is 5.91. The van der Waals surface area contributed by atoms with Crippen LogP contribution in [-0.2, 0) is 0 Å². The fraction of sp³-hybridized carbons (Fsp3) is 0.483. The van der Waals surface area contributed by atoms with Gasteiger partial charge in [-0.15, -0.1) is 0 Å². The molecule has 1 aliphatic heterocycles. The zero-order valence-corrected chi connectivity index (χ0v) is 20.3. The molecule has 2 aromatic rings. The van der Waals surface area contributed by atoms with Gasteiger partial charge in [0.15, 0.2) is 0 Å². The maximum atomic E-state index is 13.4. The van der Waals surface area contributed by atoms with Gasteiger partial charge in [-0.25, -0.2) is 4.79 Å². The number of nitriles is 1. The molecule has 6 nitrogen and oxygen atoms in total. The summed E-state index contributed by atoms with van der Waals surface area (Å²) in [6, 6.07) is 15.9. The maximum Gasteiger partial charge on any atom is 0.319 e. The summed E-state index contributed by atoms with van der Waals surface area (Å²) in [6.45, 7) is 1.41. The van der Waals surface area contributed by atoms with Crippen LogP contribution in [0.3, 0.4) is 0 Å². The second-order valence-electron chi connectivity index (χ2n) is 10.3. The zero-order valence-electron chi connectivity index (χ0n) is 20.3. The molecule has 1 heterocycles. The minimum absolute atomic E-state index is 0.0303. The molecule has 182 valence electrons. The Labute approximate surface area is 207 Å². The SMILES string of the molecule is N#Cc1ccc(C2CCN(C(=O)c3ccc(C4CCC4)c(NC(=O)NC4CCCC4)c3)CC2)cc1. The highest BCUT2D eigenvalue weighted by Crippen LogP contribution is 2.40. The second-order valence-corrected chi connectivity index (χ2v) is 10.3. The molecular weight excluding hydrogens is 436 g/mol. The first-order valence-electron chi connectivity index (χ1n) is 13.1. The Morgan fingerprint density at radius 1 is 0.857 bits per heavy atom. The predicted molar refractivity (Wildman–Crippen MR) is 136 cm³/mol. The first kappa shape index (κ1) is 23.4. The molecule has 5 rings (SSSR count). The summed E-state index contributed by atoms with van der Waals surface area (Å²) in [5.41, 5.74) is 4.48. The van der Waals surface area contributed by atoms with Gasteiger partial charge < -0.3 is 15.5 Å². The van der Waals surface area contributed by atoms with Crippen LogP contribution in [0.2, 0.25) is 0 Å². The molecule has 2 saturated carbocycles. The molecule has 0 aromatic heterocycles. The van der Waals surface area contributed by atoms with Crippen LogP contribution >= 0.6 is 0 Å². The van der Waals surface area contributed by atoms with E-state index >= 15 is 0 Å². The normalized spacial score (nSPS) is 19.1. The standard InChI is InChI=1S/C29H34N4O2/c30-19-20-8-10-21(11-9-20)22-14-16-33(17-15-22)28(34)24-12-13-26(23-4-3-5-23)27(18-24)32-29(35)31-25-6-1-2-7-25/h8-13,18,22-23,25H,1-7,14-17H2,(H2,31,32,35). The molecule has 3 fully saturated rings. The third-order valence-electron chi connectivity index (χ3n) is 8.08. The summed E-state index contributed by atoms with van der Waals surface area (Å²) in [5, 5.41) is 15.2. The van der Waals surface area contributed by atoms with Crippen LogP contribution in [0.15, 0.2) is 42.5 Å². The molecule has 2 N–H and O–H groups in total. The van der Waals surface area contributed by atoms with E-state index in [0.717, 1.165) is 49.8 Å². The van der Waals surface area contributed by atoms with E-state index in [-0.39, 0.29) is 18.0 Å². The third-order valence-corrected chi connectivity index (χ3v) is 8.08. The van der Waals surface area contributed by atoms with Crippen molar-refractivity contribution in [1.29, 1.82) is 5.26 Å². The molecule has 3 aliphatic rings. The van der Waals surface area contributed by atoms with Crippen LogP contribution in [0, 0.1) is 11.3 Å². The average molecular weight is 471 g/mol. The molecule has 0 unspecified atom stereocenters. The van der Waals surface area contributed by atoms with E-state index in [1.807, 2.05) is 47.4 Å². The van der Waals surface area contributed by atoms with Gasteiger partial charge in [-0.05, 0) is 85.8 Å². The molecule has 2 aliphatic carbocycles. The molecule has 6 heteroatoms. The number of piperidine rings is 1. The van der Waals surface area contributed by atoms with Gasteiger partial charge >= 0.3 is 6.03 Å². The molecular formula is C29H34N4O2. The molecule has 35 heavy (non-hydrogen) atoms. The zero-order chi connectivity index (χ0) is 24.2. The van der Waals surface area contributed by atoms with Gasteiger partial charge in [0.25, 0.3) is 5.91 Å². The number of rotatable bonds is 5. The third kappa shape index (κ3) is 5.35. The van der Waals surface area contributed by atoms with Gasteiger partial charge in [0, 0.05) is 30.4 Å². The number of benzene rings is 2. The Hall–Kier alpha value is -3.33. The lowest BCUT2D eigenvalue weighted by Gasteiger charge is -2.33. The van der Waals surface area contributed by atoms with Crippen LogP contribution in [0.5, 0.6) is 0 Å². The van der Waals surface area contributed by atoms with Crippen molar-refractivity contribution < 1.29 is 9.59 Å². The Kier molecular flexibility index (Phi) is 7.03. The highest BCUT2D eigenvalue weighted by atomic mass is 16.2. The van der Waals surface area contributed by atoms with Crippen molar-refractivity contribution in [3.63, 3.8) is 0 Å². The molecule has 0 radical (unpaired) electrons. The fourth-order valence-electron chi connectivity index (χ4n) is 5.72. The number of carbonyl (C=O) groups excluding carboxylic acids is 2. The molecule has 0 spiro atoms. The first-order valence-corrected chi connectivity index (χ1v) is 13.1. The van der Waals surface area contributed by atoms with Gasteiger partial charge in [-0.3, -0.25) is 4.79 Å². The molecule has 3 amide bonds. The van der Waals surface area contributed by atoms with Crippen molar-refractivity contribution in [2.24, 2.45) is 0 Å². The monoisotopic (exact) mass is 470 g/mol. The van der Waals surface area contributed by atoms with Crippen LogP contribution in [0.4, 0.5) is 10.5 Å². The summed E-state index contributed by atoms with van der Waals surface area (Å²) in [6.07, 6.45) is 9.73. The first-order chi connectivity index (χ1) is 17.1. The van der Waals surface area contributed by atoms with Crippen molar-refractivity contribution in [1.82, 2.24) is 10.2 Å². The molecule has 0 bridgehead atoms. The quantitative estimate of drug-likeness (QED) is 0.570. The summed E-state index contributed by atoms with van der Waals surface area (Å²) in [7, 11) is 0. The molecule has 1 saturated heterocycles. The molecule has 0 atom stereocenters. The lowest BCUT2D eigenvalue weighted by molar-refractivity contribution is 0.0713. The number of nitrogens with one attached hydrogen (secondary N) is 2. The van der Waals surface area contributed by atoms with Gasteiger partial charge in [-0.2, -0.15) is 5.26 Å². The highest BCUT2D eigenvalue weighted by Gasteiger charge is 2.28. The van der Waals surface area contributed by atoms with Crippen LogP contribution in [0.25, 0.3) is 0 Å². The highest BCUT2D eigenvalue weighted by molar-refractivity contribution is 5.97. The smallest absolute Gasteiger partial charge is 0.319 e. The number of carbonyl (C=O) groups is 2. The fourth-order valence-corrected chi connectivity index (χ4v) is 5.72. The molecule has 2 aromatic carbocycles. The summed E-state index contributed by atoms with van der Waals surface area (Å²) >= 11 is 0. The van der Waals surface area contributed by atoms with E-state index < -0.39 is 0 Å². The minimum Gasteiger partial charge on any atom is -0.339 e. The number of likely N-dealkylation sites (tertiary alicyclic amines) is 1. The van der Waals surface area contributed by atoms with Crippen LogP contribution in [0.1, 0.15) is 96.7 Å². The summed E-state index contributed by atoms with van der Waals surface area (Å²) in [5.74, 6) is 0.899. The van der Waals surface area contributed by atoms with E-state index in [0.29, 0.717) is 36.1 Å². The largest absolute Gasteiger partial charge is 0.339 e. The van der Waals surface area contributed by atoms with Crippen LogP contribution < -0.4 is 10.6 Å². The van der Waals surface area contributed by atoms with Crippen molar-refractivity contribution >= 4 is 17.6 Å². The van der Waals surface area contributed by atoms with Gasteiger partial charge in [0.1, 0.15) is 0 Å². The van der Waals surface area contributed by atoms with Crippen LogP contribution in [-0.4, -0.2) is 36.0 Å². The lowest BCUT2D eigenvalue weighted by atomic mass is 9.79. The number of urea groups is 1. The van der Waals surface area contributed by atoms with E-state index in [1.165, 1.54) is 24.8 Å². The summed E-state index contributed by atoms with van der Waals surface area (Å²) in [4.78, 5) is 28.0. The average Bonchev–Trinajstić information content (AvgIpc) is 3.36. The van der Waals surface area contributed by atoms with Crippen molar-refractivity contribution in [2.45, 2.75) is 75.7 Å². The lowest BCUT2D eigenvalue weighted by Crippen LogP contribution is -2.38.